The molecule has 0 fully saturated rings. The summed E-state index contributed by atoms with van der Waals surface area (Å²) in [4.78, 5) is 10.3. The first kappa shape index (κ1) is 11.7. The van der Waals surface area contributed by atoms with Crippen LogP contribution in [0.2, 0.25) is 0 Å². The van der Waals surface area contributed by atoms with Crippen molar-refractivity contribution in [2.75, 3.05) is 0 Å². The van der Waals surface area contributed by atoms with E-state index in [1.165, 1.54) is 0 Å². The number of carbonyl (C=O) groups is 1. The Balaban J connectivity index is 2.95. The maximum atomic E-state index is 10.3. The minimum atomic E-state index is -1.27. The second kappa shape index (κ2) is 4.91. The van der Waals surface area contributed by atoms with Crippen LogP contribution < -0.4 is 5.11 Å². The molecule has 5 heteroatoms. The number of carboxylic acids is 1. The molecule has 0 aliphatic carbocycles. The highest BCUT2D eigenvalue weighted by atomic mass is 79.9. The van der Waals surface area contributed by atoms with Crippen molar-refractivity contribution in [3.05, 3.63) is 32.7 Å². The van der Waals surface area contributed by atoms with Crippen LogP contribution in [0.4, 0.5) is 0 Å². The molecule has 76 valence electrons. The number of aliphatic hydroxyl groups is 1. The summed E-state index contributed by atoms with van der Waals surface area (Å²) in [6, 6.07) is 5.17. The molecule has 1 unspecified atom stereocenters. The van der Waals surface area contributed by atoms with Crippen LogP contribution in [0.25, 0.3) is 0 Å². The van der Waals surface area contributed by atoms with Crippen LogP contribution in [0.1, 0.15) is 18.1 Å². The number of halogens is 2. The first-order valence-corrected chi connectivity index (χ1v) is 5.42. The van der Waals surface area contributed by atoms with Crippen LogP contribution in [0.15, 0.2) is 27.1 Å². The Bertz CT molecular complexity index is 352. The van der Waals surface area contributed by atoms with Crippen molar-refractivity contribution in [1.82, 2.24) is 0 Å². The van der Waals surface area contributed by atoms with E-state index in [4.69, 9.17) is 0 Å². The SMILES string of the molecule is O=C([O-])CC(O)c1cccc(Br)c1Br. The molecule has 3 nitrogen and oxygen atoms in total. The zero-order chi connectivity index (χ0) is 10.7. The minimum absolute atomic E-state index is 0.408. The fourth-order valence-corrected chi connectivity index (χ4v) is 1.96. The third-order valence-electron chi connectivity index (χ3n) is 1.70. The summed E-state index contributed by atoms with van der Waals surface area (Å²) >= 11 is 6.51. The number of rotatable bonds is 3. The zero-order valence-electron chi connectivity index (χ0n) is 7.04. The minimum Gasteiger partial charge on any atom is -0.550 e. The van der Waals surface area contributed by atoms with E-state index < -0.39 is 18.5 Å². The standard InChI is InChI=1S/C9H8Br2O3/c10-6-3-1-2-5(9(6)11)7(12)4-8(13)14/h1-3,7,12H,4H2,(H,13,14)/p-1. The molecule has 1 atom stereocenters. The van der Waals surface area contributed by atoms with E-state index in [1.807, 2.05) is 0 Å². The summed E-state index contributed by atoms with van der Waals surface area (Å²) in [5.74, 6) is -1.27. The Morgan fingerprint density at radius 1 is 1.50 bits per heavy atom. The quantitative estimate of drug-likeness (QED) is 0.914. The van der Waals surface area contributed by atoms with Gasteiger partial charge in [0.15, 0.2) is 0 Å². The summed E-state index contributed by atoms with van der Waals surface area (Å²) in [5, 5.41) is 19.8. The molecule has 0 aromatic heterocycles. The highest BCUT2D eigenvalue weighted by molar-refractivity contribution is 9.13. The molecule has 1 aromatic carbocycles. The lowest BCUT2D eigenvalue weighted by atomic mass is 10.1. The average molecular weight is 323 g/mol. The lowest BCUT2D eigenvalue weighted by Gasteiger charge is -2.13. The summed E-state index contributed by atoms with van der Waals surface area (Å²) in [5.41, 5.74) is 0.531. The van der Waals surface area contributed by atoms with Gasteiger partial charge in [0.25, 0.3) is 0 Å². The molecule has 0 aliphatic rings. The molecule has 1 aromatic rings. The number of carbonyl (C=O) groups excluding carboxylic acids is 1. The largest absolute Gasteiger partial charge is 0.550 e. The second-order valence-electron chi connectivity index (χ2n) is 2.73. The molecular formula is C9H7Br2O3-. The molecule has 0 aliphatic heterocycles. The van der Waals surface area contributed by atoms with Gasteiger partial charge in [-0.2, -0.15) is 0 Å². The zero-order valence-corrected chi connectivity index (χ0v) is 10.2. The van der Waals surface area contributed by atoms with Crippen LogP contribution in [-0.2, 0) is 4.79 Å². The molecule has 0 radical (unpaired) electrons. The fourth-order valence-electron chi connectivity index (χ4n) is 1.05. The van der Waals surface area contributed by atoms with Crippen LogP contribution in [0, 0.1) is 0 Å². The number of benzene rings is 1. The predicted octanol–water partition coefficient (Wildman–Crippen LogP) is 1.38. The number of hydrogen-bond donors (Lipinski definition) is 1. The van der Waals surface area contributed by atoms with Gasteiger partial charge in [0.05, 0.1) is 6.10 Å². The van der Waals surface area contributed by atoms with Gasteiger partial charge in [0.1, 0.15) is 0 Å². The van der Waals surface area contributed by atoms with E-state index in [1.54, 1.807) is 18.2 Å². The van der Waals surface area contributed by atoms with Crippen molar-refractivity contribution in [1.29, 1.82) is 0 Å². The first-order chi connectivity index (χ1) is 6.52. The van der Waals surface area contributed by atoms with Gasteiger partial charge in [-0.3, -0.25) is 0 Å². The smallest absolute Gasteiger partial charge is 0.0853 e. The highest BCUT2D eigenvalue weighted by Gasteiger charge is 2.12. The van der Waals surface area contributed by atoms with Crippen molar-refractivity contribution >= 4 is 37.8 Å². The van der Waals surface area contributed by atoms with Gasteiger partial charge in [0.2, 0.25) is 0 Å². The number of aliphatic hydroxyl groups excluding tert-OH is 1. The lowest BCUT2D eigenvalue weighted by molar-refractivity contribution is -0.307. The van der Waals surface area contributed by atoms with E-state index in [0.717, 1.165) is 4.47 Å². The van der Waals surface area contributed by atoms with Crippen molar-refractivity contribution in [2.24, 2.45) is 0 Å². The Hall–Kier alpha value is -0.390. The Morgan fingerprint density at radius 3 is 2.71 bits per heavy atom. The molecule has 0 amide bonds. The van der Waals surface area contributed by atoms with Crippen LogP contribution in [0.5, 0.6) is 0 Å². The summed E-state index contributed by atoms with van der Waals surface area (Å²) in [7, 11) is 0. The maximum absolute atomic E-state index is 10.3. The topological polar surface area (TPSA) is 60.4 Å². The van der Waals surface area contributed by atoms with Crippen LogP contribution >= 0.6 is 31.9 Å². The third-order valence-corrected chi connectivity index (χ3v) is 3.78. The molecule has 0 heterocycles. The monoisotopic (exact) mass is 321 g/mol. The molecule has 0 bridgehead atoms. The van der Waals surface area contributed by atoms with Gasteiger partial charge in [-0.05, 0) is 43.5 Å². The predicted molar refractivity (Wildman–Crippen MR) is 56.4 cm³/mol. The summed E-state index contributed by atoms with van der Waals surface area (Å²) < 4.78 is 1.43. The average Bonchev–Trinajstić information content (AvgIpc) is 2.08. The Labute approximate surface area is 98.0 Å². The first-order valence-electron chi connectivity index (χ1n) is 3.84. The number of hydrogen-bond acceptors (Lipinski definition) is 3. The third kappa shape index (κ3) is 2.80. The van der Waals surface area contributed by atoms with Crippen molar-refractivity contribution < 1.29 is 15.0 Å². The van der Waals surface area contributed by atoms with E-state index in [9.17, 15) is 15.0 Å². The van der Waals surface area contributed by atoms with E-state index in [2.05, 4.69) is 31.9 Å². The normalized spacial score (nSPS) is 12.5. The van der Waals surface area contributed by atoms with Crippen molar-refractivity contribution in [2.45, 2.75) is 12.5 Å². The van der Waals surface area contributed by atoms with Gasteiger partial charge in [-0.1, -0.05) is 12.1 Å². The number of aliphatic carboxylic acids is 1. The van der Waals surface area contributed by atoms with E-state index in [-0.39, 0.29) is 0 Å². The molecule has 0 spiro atoms. The lowest BCUT2D eigenvalue weighted by Crippen LogP contribution is -2.24. The Kier molecular flexibility index (Phi) is 4.10. The van der Waals surface area contributed by atoms with Gasteiger partial charge < -0.3 is 15.0 Å². The second-order valence-corrected chi connectivity index (χ2v) is 4.38. The molecule has 0 saturated carbocycles. The van der Waals surface area contributed by atoms with Crippen molar-refractivity contribution in [3.8, 4) is 0 Å². The summed E-state index contributed by atoms with van der Waals surface area (Å²) in [6.45, 7) is 0. The molecular weight excluding hydrogens is 316 g/mol. The molecule has 1 rings (SSSR count). The van der Waals surface area contributed by atoms with E-state index in [0.29, 0.717) is 10.0 Å². The van der Waals surface area contributed by atoms with Crippen molar-refractivity contribution in [3.63, 3.8) is 0 Å². The Morgan fingerprint density at radius 2 is 2.14 bits per heavy atom. The molecule has 0 saturated heterocycles. The molecule has 1 N–H and O–H groups in total. The highest BCUT2D eigenvalue weighted by Crippen LogP contribution is 2.31. The number of carboxylic acid groups (broad SMARTS) is 1. The molecule has 14 heavy (non-hydrogen) atoms. The van der Waals surface area contributed by atoms with Gasteiger partial charge in [-0.15, -0.1) is 0 Å². The maximum Gasteiger partial charge on any atom is 0.0853 e. The van der Waals surface area contributed by atoms with Crippen LogP contribution in [-0.4, -0.2) is 11.1 Å². The van der Waals surface area contributed by atoms with Gasteiger partial charge in [-0.25, -0.2) is 0 Å². The van der Waals surface area contributed by atoms with Crippen LogP contribution in [0.3, 0.4) is 0 Å². The van der Waals surface area contributed by atoms with E-state index >= 15 is 0 Å². The fraction of sp³-hybridized carbons (Fsp3) is 0.222. The summed E-state index contributed by atoms with van der Waals surface area (Å²) in [6.07, 6.45) is -1.46. The van der Waals surface area contributed by atoms with Gasteiger partial charge >= 0.3 is 0 Å². The van der Waals surface area contributed by atoms with Gasteiger partial charge in [0, 0.05) is 21.3 Å².